The first-order valence-corrected chi connectivity index (χ1v) is 9.53. The Labute approximate surface area is 178 Å². The topological polar surface area (TPSA) is 85.2 Å². The molecule has 1 unspecified atom stereocenters. The third-order valence-electron chi connectivity index (χ3n) is 4.72. The third-order valence-corrected chi connectivity index (χ3v) is 4.72. The number of ether oxygens (including phenoxy) is 2. The Kier molecular flexibility index (Phi) is 7.30. The molecule has 0 spiro atoms. The van der Waals surface area contributed by atoms with Crippen molar-refractivity contribution in [1.82, 2.24) is 0 Å². The summed E-state index contributed by atoms with van der Waals surface area (Å²) in [5, 5.41) is 12.4. The van der Waals surface area contributed by atoms with E-state index in [9.17, 15) is 28.0 Å². The van der Waals surface area contributed by atoms with Crippen LogP contribution in [-0.4, -0.2) is 23.0 Å². The molecule has 2 aromatic carbocycles. The summed E-state index contributed by atoms with van der Waals surface area (Å²) < 4.78 is 46.3. The number of rotatable bonds is 9. The van der Waals surface area contributed by atoms with Gasteiger partial charge in [-0.2, -0.15) is 4.91 Å². The third kappa shape index (κ3) is 6.70. The molecule has 0 aliphatic carbocycles. The Balaban J connectivity index is 2.10. The largest absolute Gasteiger partial charge is 0.573 e. The van der Waals surface area contributed by atoms with Gasteiger partial charge >= 0.3 is 12.3 Å². The number of halogens is 3. The first-order chi connectivity index (χ1) is 14.3. The van der Waals surface area contributed by atoms with Crippen molar-refractivity contribution in [3.05, 3.63) is 63.6 Å². The minimum Gasteiger partial charge on any atom is -0.478 e. The number of aryl methyl sites for hydroxylation is 3. The van der Waals surface area contributed by atoms with E-state index in [1.807, 2.05) is 12.1 Å². The lowest BCUT2D eigenvalue weighted by atomic mass is 9.97. The number of benzene rings is 2. The molecule has 0 radical (unpaired) electrons. The number of nitroso groups, excluding NO2 is 1. The average Bonchev–Trinajstić information content (AvgIpc) is 2.65. The van der Waals surface area contributed by atoms with Crippen LogP contribution in [0.4, 0.5) is 13.2 Å². The number of carboxylic acids is 1. The van der Waals surface area contributed by atoms with Gasteiger partial charge in [-0.1, -0.05) is 29.4 Å². The number of carboxylic acid groups (broad SMARTS) is 1. The molecule has 1 atom stereocenters. The van der Waals surface area contributed by atoms with Gasteiger partial charge in [-0.05, 0) is 74.9 Å². The molecule has 31 heavy (non-hydrogen) atoms. The van der Waals surface area contributed by atoms with E-state index in [-0.39, 0.29) is 5.75 Å². The molecule has 0 aliphatic rings. The van der Waals surface area contributed by atoms with Crippen molar-refractivity contribution >= 4 is 5.97 Å². The van der Waals surface area contributed by atoms with Crippen molar-refractivity contribution in [3.63, 3.8) is 0 Å². The van der Waals surface area contributed by atoms with Gasteiger partial charge in [0.2, 0.25) is 0 Å². The summed E-state index contributed by atoms with van der Waals surface area (Å²) in [7, 11) is 0. The zero-order valence-corrected chi connectivity index (χ0v) is 17.6. The summed E-state index contributed by atoms with van der Waals surface area (Å²) in [6.07, 6.45) is -3.95. The lowest BCUT2D eigenvalue weighted by Crippen LogP contribution is -2.38. The number of hydrogen-bond acceptors (Lipinski definition) is 5. The van der Waals surface area contributed by atoms with Gasteiger partial charge in [-0.15, -0.1) is 13.2 Å². The monoisotopic (exact) mass is 439 g/mol. The SMILES string of the molecule is Cc1cc(CCC(N=O)c2ccc(OC(F)(F)F)cc2)cc(C)c1OC(C)(C)C(=O)O. The molecule has 0 saturated carbocycles. The van der Waals surface area contributed by atoms with E-state index in [0.29, 0.717) is 24.2 Å². The van der Waals surface area contributed by atoms with Crippen LogP contribution in [-0.2, 0) is 11.2 Å². The predicted molar refractivity (Wildman–Crippen MR) is 108 cm³/mol. The van der Waals surface area contributed by atoms with Crippen molar-refractivity contribution in [2.75, 3.05) is 0 Å². The molecule has 0 amide bonds. The van der Waals surface area contributed by atoms with E-state index in [4.69, 9.17) is 4.74 Å². The van der Waals surface area contributed by atoms with Crippen LogP contribution < -0.4 is 9.47 Å². The lowest BCUT2D eigenvalue weighted by Gasteiger charge is -2.24. The molecule has 0 aromatic heterocycles. The van der Waals surface area contributed by atoms with E-state index in [2.05, 4.69) is 9.91 Å². The highest BCUT2D eigenvalue weighted by Gasteiger charge is 2.31. The van der Waals surface area contributed by atoms with Crippen molar-refractivity contribution < 1.29 is 32.5 Å². The van der Waals surface area contributed by atoms with Crippen LogP contribution in [0.25, 0.3) is 0 Å². The van der Waals surface area contributed by atoms with Gasteiger partial charge in [0.15, 0.2) is 5.60 Å². The molecule has 168 valence electrons. The summed E-state index contributed by atoms with van der Waals surface area (Å²) >= 11 is 0. The molecule has 6 nitrogen and oxygen atoms in total. The fourth-order valence-electron chi connectivity index (χ4n) is 3.12. The van der Waals surface area contributed by atoms with Crippen molar-refractivity contribution in [3.8, 4) is 11.5 Å². The highest BCUT2D eigenvalue weighted by molar-refractivity contribution is 5.77. The van der Waals surface area contributed by atoms with Crippen LogP contribution in [0.1, 0.15) is 48.6 Å². The molecule has 0 aliphatic heterocycles. The van der Waals surface area contributed by atoms with E-state index in [0.717, 1.165) is 28.8 Å². The Morgan fingerprint density at radius 2 is 1.61 bits per heavy atom. The van der Waals surface area contributed by atoms with Crippen LogP contribution in [0.3, 0.4) is 0 Å². The zero-order valence-electron chi connectivity index (χ0n) is 17.6. The predicted octanol–water partition coefficient (Wildman–Crippen LogP) is 5.88. The summed E-state index contributed by atoms with van der Waals surface area (Å²) in [5.74, 6) is -0.963. The smallest absolute Gasteiger partial charge is 0.478 e. The summed E-state index contributed by atoms with van der Waals surface area (Å²) in [6, 6.07) is 8.02. The van der Waals surface area contributed by atoms with Crippen LogP contribution >= 0.6 is 0 Å². The van der Waals surface area contributed by atoms with E-state index >= 15 is 0 Å². The fraction of sp³-hybridized carbons (Fsp3) is 0.409. The van der Waals surface area contributed by atoms with E-state index in [1.54, 1.807) is 13.8 Å². The second kappa shape index (κ2) is 9.36. The Bertz CT molecular complexity index is 916. The van der Waals surface area contributed by atoms with Crippen LogP contribution in [0.5, 0.6) is 11.5 Å². The molecule has 9 heteroatoms. The standard InChI is InChI=1S/C22H24F3NO5/c1-13-11-15(12-14(2)19(13)31-21(3,4)20(27)28)5-10-18(26-29)16-6-8-17(9-7-16)30-22(23,24)25/h6-9,11-12,18H,5,10H2,1-4H3,(H,27,28). The number of aliphatic carboxylic acids is 1. The van der Waals surface area contributed by atoms with Gasteiger partial charge in [-0.25, -0.2) is 4.79 Å². The number of carbonyl (C=O) groups is 1. The van der Waals surface area contributed by atoms with Crippen molar-refractivity contribution in [1.29, 1.82) is 0 Å². The molecule has 0 fully saturated rings. The van der Waals surface area contributed by atoms with E-state index < -0.39 is 24.0 Å². The van der Waals surface area contributed by atoms with Crippen LogP contribution in [0.2, 0.25) is 0 Å². The minimum absolute atomic E-state index is 0.350. The fourth-order valence-corrected chi connectivity index (χ4v) is 3.12. The van der Waals surface area contributed by atoms with Gasteiger partial charge in [0.05, 0.1) is 0 Å². The van der Waals surface area contributed by atoms with Gasteiger partial charge in [0.1, 0.15) is 17.5 Å². The molecular weight excluding hydrogens is 415 g/mol. The quantitative estimate of drug-likeness (QED) is 0.493. The molecule has 0 bridgehead atoms. The number of nitrogens with zero attached hydrogens (tertiary/aromatic N) is 1. The molecule has 1 N–H and O–H groups in total. The summed E-state index contributed by atoms with van der Waals surface area (Å²) in [5.41, 5.74) is 1.52. The maximum atomic E-state index is 12.3. The molecule has 0 heterocycles. The Hall–Kier alpha value is -3.10. The number of alkyl halides is 3. The van der Waals surface area contributed by atoms with Crippen LogP contribution in [0, 0.1) is 18.8 Å². The second-order valence-electron chi connectivity index (χ2n) is 7.75. The van der Waals surface area contributed by atoms with Gasteiger partial charge in [0.25, 0.3) is 0 Å². The Morgan fingerprint density at radius 3 is 2.06 bits per heavy atom. The summed E-state index contributed by atoms with van der Waals surface area (Å²) in [6.45, 7) is 6.54. The highest BCUT2D eigenvalue weighted by Crippen LogP contribution is 2.31. The maximum Gasteiger partial charge on any atom is 0.573 e. The van der Waals surface area contributed by atoms with Gasteiger partial charge in [0, 0.05) is 0 Å². The average molecular weight is 439 g/mol. The number of hydrogen-bond donors (Lipinski definition) is 1. The first kappa shape index (κ1) is 24.2. The van der Waals surface area contributed by atoms with Gasteiger partial charge in [-0.3, -0.25) is 0 Å². The molecular formula is C22H24F3NO5. The van der Waals surface area contributed by atoms with Crippen LogP contribution in [0.15, 0.2) is 41.6 Å². The molecule has 2 aromatic rings. The highest BCUT2D eigenvalue weighted by atomic mass is 19.4. The zero-order chi connectivity index (χ0) is 23.4. The van der Waals surface area contributed by atoms with E-state index in [1.165, 1.54) is 26.0 Å². The minimum atomic E-state index is -4.78. The van der Waals surface area contributed by atoms with Crippen molar-refractivity contribution in [2.24, 2.45) is 5.18 Å². The van der Waals surface area contributed by atoms with Gasteiger partial charge < -0.3 is 14.6 Å². The first-order valence-electron chi connectivity index (χ1n) is 9.53. The molecule has 0 saturated heterocycles. The lowest BCUT2D eigenvalue weighted by molar-refractivity contribution is -0.274. The van der Waals surface area contributed by atoms with Crippen molar-refractivity contribution in [2.45, 2.75) is 58.5 Å². The maximum absolute atomic E-state index is 12.3. The molecule has 2 rings (SSSR count). The normalized spacial score (nSPS) is 12.9. The Morgan fingerprint density at radius 1 is 1.06 bits per heavy atom. The second-order valence-corrected chi connectivity index (χ2v) is 7.75. The summed E-state index contributed by atoms with van der Waals surface area (Å²) in [4.78, 5) is 22.6.